The van der Waals surface area contributed by atoms with Crippen LogP contribution in [-0.2, 0) is 14.3 Å². The van der Waals surface area contributed by atoms with Crippen molar-refractivity contribution in [3.05, 3.63) is 0 Å². The second-order valence-electron chi connectivity index (χ2n) is 5.21. The van der Waals surface area contributed by atoms with E-state index in [0.29, 0.717) is 38.9 Å². The maximum Gasteiger partial charge on any atom is 0.331 e. The van der Waals surface area contributed by atoms with Gasteiger partial charge in [-0.25, -0.2) is 4.79 Å². The molecule has 1 aliphatic carbocycles. The van der Waals surface area contributed by atoms with Gasteiger partial charge in [-0.05, 0) is 25.7 Å². The number of barbiturate groups is 1. The lowest BCUT2D eigenvalue weighted by molar-refractivity contribution is -0.160. The van der Waals surface area contributed by atoms with Crippen molar-refractivity contribution in [2.75, 3.05) is 13.2 Å². The monoisotopic (exact) mass is 252 g/mol. The van der Waals surface area contributed by atoms with Gasteiger partial charge >= 0.3 is 6.03 Å². The third kappa shape index (κ3) is 1.48. The van der Waals surface area contributed by atoms with Crippen LogP contribution in [0.4, 0.5) is 4.79 Å². The van der Waals surface area contributed by atoms with Crippen molar-refractivity contribution in [3.8, 4) is 0 Å². The summed E-state index contributed by atoms with van der Waals surface area (Å²) in [4.78, 5) is 37.4. The number of nitrogens with zero attached hydrogens (tertiary/aromatic N) is 1. The maximum absolute atomic E-state index is 12.5. The molecule has 3 rings (SSSR count). The van der Waals surface area contributed by atoms with Crippen LogP contribution < -0.4 is 5.32 Å². The summed E-state index contributed by atoms with van der Waals surface area (Å²) in [6.07, 6.45) is 3.30. The number of carbonyl (C=O) groups excluding carboxylic acids is 3. The summed E-state index contributed by atoms with van der Waals surface area (Å²) in [5, 5.41) is 2.34. The second-order valence-corrected chi connectivity index (χ2v) is 5.21. The molecular weight excluding hydrogens is 236 g/mol. The highest BCUT2D eigenvalue weighted by molar-refractivity contribution is 6.19. The van der Waals surface area contributed by atoms with E-state index in [0.717, 1.165) is 6.42 Å². The van der Waals surface area contributed by atoms with Crippen LogP contribution in [0.1, 0.15) is 32.1 Å². The van der Waals surface area contributed by atoms with Gasteiger partial charge in [0.15, 0.2) is 0 Å². The summed E-state index contributed by atoms with van der Waals surface area (Å²) in [6, 6.07) is -0.689. The Morgan fingerprint density at radius 2 is 1.83 bits per heavy atom. The number of urea groups is 1. The van der Waals surface area contributed by atoms with E-state index in [-0.39, 0.29) is 11.9 Å². The Balaban J connectivity index is 1.86. The number of hydrogen-bond acceptors (Lipinski definition) is 4. The van der Waals surface area contributed by atoms with Crippen molar-refractivity contribution in [1.29, 1.82) is 0 Å². The fourth-order valence-electron chi connectivity index (χ4n) is 2.94. The SMILES string of the molecule is O=C1NC(=O)C2(CCC2)C(=O)N1C1CCOCC1. The lowest BCUT2D eigenvalue weighted by Crippen LogP contribution is -2.68. The molecule has 18 heavy (non-hydrogen) atoms. The average Bonchev–Trinajstić information content (AvgIpc) is 2.28. The van der Waals surface area contributed by atoms with Gasteiger partial charge in [0.1, 0.15) is 5.41 Å². The van der Waals surface area contributed by atoms with E-state index < -0.39 is 17.4 Å². The molecule has 0 aromatic rings. The predicted octanol–water partition coefficient (Wildman–Crippen LogP) is 0.414. The Hall–Kier alpha value is -1.43. The molecule has 2 heterocycles. The summed E-state index contributed by atoms with van der Waals surface area (Å²) in [6.45, 7) is 1.12. The van der Waals surface area contributed by atoms with Crippen LogP contribution in [0.2, 0.25) is 0 Å². The zero-order valence-corrected chi connectivity index (χ0v) is 10.1. The highest BCUT2D eigenvalue weighted by atomic mass is 16.5. The van der Waals surface area contributed by atoms with Gasteiger partial charge in [-0.2, -0.15) is 0 Å². The Kier molecular flexibility index (Phi) is 2.62. The van der Waals surface area contributed by atoms with Crippen LogP contribution in [0.5, 0.6) is 0 Å². The molecule has 6 nitrogen and oxygen atoms in total. The molecule has 98 valence electrons. The third-order valence-electron chi connectivity index (χ3n) is 4.27. The molecule has 6 heteroatoms. The van der Waals surface area contributed by atoms with Crippen LogP contribution >= 0.6 is 0 Å². The number of carbonyl (C=O) groups is 3. The van der Waals surface area contributed by atoms with Crippen LogP contribution in [0.15, 0.2) is 0 Å². The Morgan fingerprint density at radius 1 is 1.17 bits per heavy atom. The highest BCUT2D eigenvalue weighted by Crippen LogP contribution is 2.45. The molecule has 0 unspecified atom stereocenters. The van der Waals surface area contributed by atoms with Crippen molar-refractivity contribution < 1.29 is 19.1 Å². The number of amides is 4. The van der Waals surface area contributed by atoms with Crippen molar-refractivity contribution >= 4 is 17.8 Å². The van der Waals surface area contributed by atoms with Gasteiger partial charge < -0.3 is 4.74 Å². The molecule has 4 amide bonds. The van der Waals surface area contributed by atoms with Gasteiger partial charge in [-0.1, -0.05) is 6.42 Å². The number of imide groups is 2. The maximum atomic E-state index is 12.5. The molecule has 3 aliphatic rings. The first-order chi connectivity index (χ1) is 8.65. The van der Waals surface area contributed by atoms with Gasteiger partial charge in [0.05, 0.1) is 0 Å². The molecule has 0 radical (unpaired) electrons. The lowest BCUT2D eigenvalue weighted by atomic mass is 9.66. The summed E-state index contributed by atoms with van der Waals surface area (Å²) >= 11 is 0. The number of nitrogens with one attached hydrogen (secondary N) is 1. The Morgan fingerprint density at radius 3 is 2.39 bits per heavy atom. The molecule has 1 N–H and O–H groups in total. The van der Waals surface area contributed by atoms with E-state index in [1.165, 1.54) is 4.90 Å². The van der Waals surface area contributed by atoms with Crippen molar-refractivity contribution in [2.24, 2.45) is 5.41 Å². The van der Waals surface area contributed by atoms with E-state index in [2.05, 4.69) is 5.32 Å². The predicted molar refractivity (Wildman–Crippen MR) is 60.5 cm³/mol. The summed E-state index contributed by atoms with van der Waals surface area (Å²) in [5.41, 5.74) is -0.952. The first kappa shape index (κ1) is 11.6. The molecule has 0 aromatic carbocycles. The van der Waals surface area contributed by atoms with Gasteiger partial charge in [0.25, 0.3) is 0 Å². The minimum Gasteiger partial charge on any atom is -0.381 e. The largest absolute Gasteiger partial charge is 0.381 e. The second kappa shape index (κ2) is 4.05. The van der Waals surface area contributed by atoms with E-state index >= 15 is 0 Å². The number of ether oxygens (including phenoxy) is 1. The molecule has 2 aliphatic heterocycles. The topological polar surface area (TPSA) is 75.7 Å². The van der Waals surface area contributed by atoms with E-state index in [9.17, 15) is 14.4 Å². The quantitative estimate of drug-likeness (QED) is 0.686. The minimum atomic E-state index is -0.952. The van der Waals surface area contributed by atoms with E-state index in [4.69, 9.17) is 4.74 Å². The molecule has 1 spiro atoms. The molecule has 0 aromatic heterocycles. The fraction of sp³-hybridized carbons (Fsp3) is 0.750. The van der Waals surface area contributed by atoms with Gasteiger partial charge in [-0.15, -0.1) is 0 Å². The molecule has 1 saturated carbocycles. The fourth-order valence-corrected chi connectivity index (χ4v) is 2.94. The smallest absolute Gasteiger partial charge is 0.331 e. The zero-order valence-electron chi connectivity index (χ0n) is 10.1. The first-order valence-electron chi connectivity index (χ1n) is 6.42. The van der Waals surface area contributed by atoms with E-state index in [1.807, 2.05) is 0 Å². The van der Waals surface area contributed by atoms with Crippen LogP contribution in [-0.4, -0.2) is 42.0 Å². The zero-order chi connectivity index (χ0) is 12.8. The summed E-state index contributed by atoms with van der Waals surface area (Å²) in [7, 11) is 0. The van der Waals surface area contributed by atoms with Gasteiger partial charge in [-0.3, -0.25) is 19.8 Å². The van der Waals surface area contributed by atoms with Crippen LogP contribution in [0.25, 0.3) is 0 Å². The van der Waals surface area contributed by atoms with Crippen molar-refractivity contribution in [1.82, 2.24) is 10.2 Å². The summed E-state index contributed by atoms with van der Waals surface area (Å²) in [5.74, 6) is -0.707. The standard InChI is InChI=1S/C12H16N2O4/c15-9-12(4-1-5-12)10(16)14(11(17)13-9)8-2-6-18-7-3-8/h8H,1-7H2,(H,13,15,17). The molecule has 3 fully saturated rings. The Labute approximate surface area is 105 Å². The normalized spacial score (nSPS) is 28.2. The van der Waals surface area contributed by atoms with Gasteiger partial charge in [0, 0.05) is 19.3 Å². The average molecular weight is 252 g/mol. The summed E-state index contributed by atoms with van der Waals surface area (Å²) < 4.78 is 5.24. The van der Waals surface area contributed by atoms with Crippen molar-refractivity contribution in [3.63, 3.8) is 0 Å². The van der Waals surface area contributed by atoms with Gasteiger partial charge in [0.2, 0.25) is 11.8 Å². The molecule has 2 saturated heterocycles. The molecular formula is C12H16N2O4. The first-order valence-corrected chi connectivity index (χ1v) is 6.42. The highest BCUT2D eigenvalue weighted by Gasteiger charge is 2.58. The lowest BCUT2D eigenvalue weighted by Gasteiger charge is -2.47. The Bertz CT molecular complexity index is 410. The number of hydrogen-bond donors (Lipinski definition) is 1. The van der Waals surface area contributed by atoms with Crippen LogP contribution in [0, 0.1) is 5.41 Å². The van der Waals surface area contributed by atoms with Crippen molar-refractivity contribution in [2.45, 2.75) is 38.1 Å². The number of rotatable bonds is 1. The molecule has 0 bridgehead atoms. The van der Waals surface area contributed by atoms with Crippen LogP contribution in [0.3, 0.4) is 0 Å². The third-order valence-corrected chi connectivity index (χ3v) is 4.27. The van der Waals surface area contributed by atoms with E-state index in [1.54, 1.807) is 0 Å². The molecule has 0 atom stereocenters. The minimum absolute atomic E-state index is 0.128.